The number of halogens is 1. The molecule has 174 valence electrons. The smallest absolute Gasteiger partial charge is 0.275 e. The minimum Gasteiger partial charge on any atom is -0.503 e. The molecule has 0 unspecified atom stereocenters. The Morgan fingerprint density at radius 3 is 2.64 bits per heavy atom. The second-order valence-corrected chi connectivity index (χ2v) is 9.21. The summed E-state index contributed by atoms with van der Waals surface area (Å²) in [5.74, 6) is -1.31. The lowest BCUT2D eigenvalue weighted by atomic mass is 10.1. The summed E-state index contributed by atoms with van der Waals surface area (Å²) in [7, 11) is 0. The first-order valence-electron chi connectivity index (χ1n) is 10.7. The third kappa shape index (κ3) is 4.53. The standard InChI is InChI=1S/C23H25FN4O4S/c1-4-32-12-16-10-27-11-17(20(29)21(30)19(27)23(31)28(16)13(2)3)22-26-25-18(33-22)9-14-5-7-15(24)8-6-14/h5-8,11,13,16,30H,4,9-10,12H2,1-3H3/t16-/m1/s1. The summed E-state index contributed by atoms with van der Waals surface area (Å²) < 4.78 is 20.3. The van der Waals surface area contributed by atoms with Crippen molar-refractivity contribution in [2.75, 3.05) is 13.2 Å². The largest absolute Gasteiger partial charge is 0.503 e. The summed E-state index contributed by atoms with van der Waals surface area (Å²) in [6.07, 6.45) is 2.00. The maximum Gasteiger partial charge on any atom is 0.275 e. The molecule has 33 heavy (non-hydrogen) atoms. The maximum atomic E-state index is 13.2. The number of hydrogen-bond donors (Lipinski definition) is 1. The molecule has 3 aromatic rings. The van der Waals surface area contributed by atoms with Crippen molar-refractivity contribution >= 4 is 17.2 Å². The molecular formula is C23H25FN4O4S. The number of aromatic hydroxyl groups is 1. The lowest BCUT2D eigenvalue weighted by Gasteiger charge is -2.40. The first-order valence-corrected chi connectivity index (χ1v) is 11.6. The van der Waals surface area contributed by atoms with Gasteiger partial charge in [-0.3, -0.25) is 9.59 Å². The number of pyridine rings is 1. The molecule has 1 amide bonds. The van der Waals surface area contributed by atoms with E-state index in [0.29, 0.717) is 36.2 Å². The minimum atomic E-state index is -0.661. The number of ether oxygens (including phenoxy) is 1. The Kier molecular flexibility index (Phi) is 6.57. The highest BCUT2D eigenvalue weighted by Crippen LogP contribution is 2.30. The number of carbonyl (C=O) groups excluding carboxylic acids is 1. The van der Waals surface area contributed by atoms with Gasteiger partial charge in [0.1, 0.15) is 10.8 Å². The molecule has 10 heteroatoms. The molecule has 0 saturated heterocycles. The quantitative estimate of drug-likeness (QED) is 0.568. The summed E-state index contributed by atoms with van der Waals surface area (Å²) in [6.45, 7) is 6.91. The van der Waals surface area contributed by atoms with Gasteiger partial charge >= 0.3 is 0 Å². The molecule has 0 spiro atoms. The predicted octanol–water partition coefficient (Wildman–Crippen LogP) is 3.07. The van der Waals surface area contributed by atoms with Gasteiger partial charge in [-0.05, 0) is 38.5 Å². The van der Waals surface area contributed by atoms with Crippen LogP contribution >= 0.6 is 11.3 Å². The van der Waals surface area contributed by atoms with E-state index in [1.807, 2.05) is 20.8 Å². The monoisotopic (exact) mass is 472 g/mol. The van der Waals surface area contributed by atoms with Gasteiger partial charge in [0.15, 0.2) is 16.5 Å². The number of amides is 1. The summed E-state index contributed by atoms with van der Waals surface area (Å²) in [6, 6.07) is 5.73. The molecule has 1 aliphatic rings. The lowest BCUT2D eigenvalue weighted by Crippen LogP contribution is -2.53. The summed E-state index contributed by atoms with van der Waals surface area (Å²) in [5, 5.41) is 20.0. The van der Waals surface area contributed by atoms with Gasteiger partial charge in [-0.25, -0.2) is 4.39 Å². The van der Waals surface area contributed by atoms with E-state index < -0.39 is 17.1 Å². The van der Waals surface area contributed by atoms with Gasteiger partial charge in [0.25, 0.3) is 5.91 Å². The molecule has 4 rings (SSSR count). The number of aromatic nitrogens is 3. The van der Waals surface area contributed by atoms with Gasteiger partial charge in [-0.15, -0.1) is 10.2 Å². The Labute approximate surface area is 194 Å². The van der Waals surface area contributed by atoms with Crippen LogP contribution < -0.4 is 5.43 Å². The first-order chi connectivity index (χ1) is 15.8. The highest BCUT2D eigenvalue weighted by Gasteiger charge is 2.37. The molecule has 0 aliphatic carbocycles. The zero-order chi connectivity index (χ0) is 23.7. The average Bonchev–Trinajstić information content (AvgIpc) is 3.24. The van der Waals surface area contributed by atoms with Crippen LogP contribution in [0.5, 0.6) is 5.75 Å². The average molecular weight is 473 g/mol. The normalized spacial score (nSPS) is 15.8. The van der Waals surface area contributed by atoms with Crippen molar-refractivity contribution in [3.8, 4) is 16.3 Å². The summed E-state index contributed by atoms with van der Waals surface area (Å²) in [4.78, 5) is 27.8. The van der Waals surface area contributed by atoms with Gasteiger partial charge in [0.2, 0.25) is 5.43 Å². The van der Waals surface area contributed by atoms with E-state index >= 15 is 0 Å². The topological polar surface area (TPSA) is 97.5 Å². The molecule has 1 atom stereocenters. The van der Waals surface area contributed by atoms with Gasteiger partial charge in [-0.1, -0.05) is 23.5 Å². The fourth-order valence-electron chi connectivity index (χ4n) is 4.03. The van der Waals surface area contributed by atoms with Gasteiger partial charge in [-0.2, -0.15) is 0 Å². The minimum absolute atomic E-state index is 0.0266. The lowest BCUT2D eigenvalue weighted by molar-refractivity contribution is 0.0228. The zero-order valence-corrected chi connectivity index (χ0v) is 19.4. The Hall–Kier alpha value is -3.11. The number of hydrogen-bond acceptors (Lipinski definition) is 7. The number of benzene rings is 1. The summed E-state index contributed by atoms with van der Waals surface area (Å²) in [5.41, 5.74) is 0.356. The van der Waals surface area contributed by atoms with Crippen LogP contribution in [0, 0.1) is 5.82 Å². The molecule has 8 nitrogen and oxygen atoms in total. The van der Waals surface area contributed by atoms with E-state index in [-0.39, 0.29) is 29.2 Å². The van der Waals surface area contributed by atoms with Crippen molar-refractivity contribution in [3.63, 3.8) is 0 Å². The van der Waals surface area contributed by atoms with Gasteiger partial charge < -0.3 is 19.3 Å². The van der Waals surface area contributed by atoms with Crippen molar-refractivity contribution in [1.82, 2.24) is 19.7 Å². The fourth-order valence-corrected chi connectivity index (χ4v) is 4.91. The van der Waals surface area contributed by atoms with Crippen LogP contribution in [0.15, 0.2) is 35.3 Å². The molecular weight excluding hydrogens is 447 g/mol. The molecule has 2 aromatic heterocycles. The fraction of sp³-hybridized carbons (Fsp3) is 0.391. The van der Waals surface area contributed by atoms with Crippen molar-refractivity contribution in [2.45, 2.75) is 45.8 Å². The number of nitrogens with zero attached hydrogens (tertiary/aromatic N) is 4. The Bertz CT molecular complexity index is 1220. The maximum absolute atomic E-state index is 13.2. The number of rotatable bonds is 7. The van der Waals surface area contributed by atoms with Crippen LogP contribution in [-0.2, 0) is 17.7 Å². The molecule has 3 heterocycles. The van der Waals surface area contributed by atoms with Crippen LogP contribution in [0.25, 0.3) is 10.6 Å². The van der Waals surface area contributed by atoms with E-state index in [4.69, 9.17) is 4.74 Å². The summed E-state index contributed by atoms with van der Waals surface area (Å²) >= 11 is 1.22. The first kappa shape index (κ1) is 23.1. The van der Waals surface area contributed by atoms with E-state index in [2.05, 4.69) is 10.2 Å². The van der Waals surface area contributed by atoms with E-state index in [9.17, 15) is 19.1 Å². The van der Waals surface area contributed by atoms with Crippen molar-refractivity contribution in [1.29, 1.82) is 0 Å². The second-order valence-electron chi connectivity index (χ2n) is 8.15. The van der Waals surface area contributed by atoms with E-state index in [1.54, 1.807) is 27.8 Å². The highest BCUT2D eigenvalue weighted by atomic mass is 32.1. The molecule has 1 aliphatic heterocycles. The SMILES string of the molecule is CCOC[C@H]1Cn2cc(-c3nnc(Cc4ccc(F)cc4)s3)c(=O)c(O)c2C(=O)N1C(C)C. The Balaban J connectivity index is 1.69. The third-order valence-corrected chi connectivity index (χ3v) is 6.49. The molecule has 0 radical (unpaired) electrons. The Morgan fingerprint density at radius 2 is 1.97 bits per heavy atom. The predicted molar refractivity (Wildman–Crippen MR) is 122 cm³/mol. The van der Waals surface area contributed by atoms with Crippen LogP contribution in [-0.4, -0.2) is 56.0 Å². The third-order valence-electron chi connectivity index (χ3n) is 5.53. The zero-order valence-electron chi connectivity index (χ0n) is 18.6. The number of carbonyl (C=O) groups is 1. The molecule has 0 saturated carbocycles. The van der Waals surface area contributed by atoms with Crippen LogP contribution in [0.2, 0.25) is 0 Å². The molecule has 0 fully saturated rings. The van der Waals surface area contributed by atoms with Gasteiger partial charge in [0.05, 0.1) is 18.2 Å². The van der Waals surface area contributed by atoms with Crippen molar-refractivity contribution < 1.29 is 19.0 Å². The highest BCUT2D eigenvalue weighted by molar-refractivity contribution is 7.14. The van der Waals surface area contributed by atoms with Crippen molar-refractivity contribution in [2.24, 2.45) is 0 Å². The molecule has 1 N–H and O–H groups in total. The van der Waals surface area contributed by atoms with Crippen LogP contribution in [0.4, 0.5) is 4.39 Å². The Morgan fingerprint density at radius 1 is 1.24 bits per heavy atom. The molecule has 0 bridgehead atoms. The van der Waals surface area contributed by atoms with E-state index in [1.165, 1.54) is 23.5 Å². The van der Waals surface area contributed by atoms with Crippen LogP contribution in [0.1, 0.15) is 41.8 Å². The van der Waals surface area contributed by atoms with Gasteiger partial charge in [0, 0.05) is 31.8 Å². The second kappa shape index (κ2) is 9.40. The van der Waals surface area contributed by atoms with E-state index in [0.717, 1.165) is 5.56 Å². The number of fused-ring (bicyclic) bond motifs is 1. The molecule has 1 aromatic carbocycles. The van der Waals surface area contributed by atoms with Crippen molar-refractivity contribution in [3.05, 3.63) is 62.8 Å². The van der Waals surface area contributed by atoms with Crippen LogP contribution in [0.3, 0.4) is 0 Å².